The summed E-state index contributed by atoms with van der Waals surface area (Å²) >= 11 is 1.05. The highest BCUT2D eigenvalue weighted by atomic mass is 32.1. The van der Waals surface area contributed by atoms with Gasteiger partial charge < -0.3 is 15.2 Å². The van der Waals surface area contributed by atoms with E-state index in [1.54, 1.807) is 19.9 Å². The summed E-state index contributed by atoms with van der Waals surface area (Å²) in [4.78, 5) is 27.5. The summed E-state index contributed by atoms with van der Waals surface area (Å²) in [5.74, 6) is -1.54. The summed E-state index contributed by atoms with van der Waals surface area (Å²) in [5.41, 5.74) is 1.13. The van der Waals surface area contributed by atoms with E-state index in [0.29, 0.717) is 22.7 Å². The van der Waals surface area contributed by atoms with Crippen molar-refractivity contribution in [2.75, 3.05) is 7.11 Å². The van der Waals surface area contributed by atoms with E-state index in [9.17, 15) is 14.0 Å². The molecule has 2 rings (SSSR count). The first-order valence-corrected chi connectivity index (χ1v) is 8.46. The van der Waals surface area contributed by atoms with Crippen LogP contribution in [0.4, 0.5) is 4.39 Å². The molecule has 1 aromatic heterocycles. The summed E-state index contributed by atoms with van der Waals surface area (Å²) < 4.78 is 18.5. The third-order valence-corrected chi connectivity index (χ3v) is 4.94. The van der Waals surface area contributed by atoms with Gasteiger partial charge in [0, 0.05) is 6.42 Å². The van der Waals surface area contributed by atoms with E-state index in [1.165, 1.54) is 19.2 Å². The smallest absolute Gasteiger partial charge is 0.347 e. The summed E-state index contributed by atoms with van der Waals surface area (Å²) in [6.45, 7) is 3.37. The predicted molar refractivity (Wildman–Crippen MR) is 91.6 cm³/mol. The molecule has 0 radical (unpaired) electrons. The number of amides is 1. The molecule has 8 heteroatoms. The Kier molecular flexibility index (Phi) is 6.08. The number of thiazole rings is 1. The SMILES string of the molecule is COc1ccc(CCC(=O)NC(C)c2nc(C)c(C(=O)O)s2)cc1F. The number of carbonyl (C=O) groups excluding carboxylic acids is 1. The van der Waals surface area contributed by atoms with E-state index >= 15 is 0 Å². The van der Waals surface area contributed by atoms with Crippen LogP contribution >= 0.6 is 11.3 Å². The summed E-state index contributed by atoms with van der Waals surface area (Å²) in [7, 11) is 1.39. The standard InChI is InChI=1S/C17H19FN2O4S/c1-9-15(17(22)23)25-16(20-9)10(2)19-14(21)7-5-11-4-6-13(24-3)12(18)8-11/h4,6,8,10H,5,7H2,1-3H3,(H,19,21)(H,22,23). The molecule has 0 aliphatic heterocycles. The van der Waals surface area contributed by atoms with Gasteiger partial charge in [0.25, 0.3) is 0 Å². The molecule has 25 heavy (non-hydrogen) atoms. The lowest BCUT2D eigenvalue weighted by Crippen LogP contribution is -2.26. The Morgan fingerprint density at radius 1 is 1.44 bits per heavy atom. The van der Waals surface area contributed by atoms with Gasteiger partial charge in [-0.2, -0.15) is 0 Å². The van der Waals surface area contributed by atoms with Gasteiger partial charge in [-0.15, -0.1) is 11.3 Å². The number of carboxylic acids is 1. The molecule has 0 saturated carbocycles. The molecule has 0 spiro atoms. The number of aromatic nitrogens is 1. The van der Waals surface area contributed by atoms with Gasteiger partial charge in [-0.05, 0) is 38.0 Å². The molecule has 6 nitrogen and oxygen atoms in total. The van der Waals surface area contributed by atoms with Crippen LogP contribution < -0.4 is 10.1 Å². The lowest BCUT2D eigenvalue weighted by atomic mass is 10.1. The molecule has 1 heterocycles. The van der Waals surface area contributed by atoms with Crippen LogP contribution in [0.5, 0.6) is 5.75 Å². The molecule has 2 aromatic rings. The van der Waals surface area contributed by atoms with E-state index in [1.807, 2.05) is 0 Å². The lowest BCUT2D eigenvalue weighted by Gasteiger charge is -2.11. The van der Waals surface area contributed by atoms with Gasteiger partial charge in [0.1, 0.15) is 9.88 Å². The third kappa shape index (κ3) is 4.76. The minimum absolute atomic E-state index is 0.162. The Bertz CT molecular complexity index is 791. The van der Waals surface area contributed by atoms with Crippen LogP contribution in [0.15, 0.2) is 18.2 Å². The average molecular weight is 366 g/mol. The quantitative estimate of drug-likeness (QED) is 0.786. The topological polar surface area (TPSA) is 88.5 Å². The number of halogens is 1. The Morgan fingerprint density at radius 3 is 2.72 bits per heavy atom. The number of benzene rings is 1. The van der Waals surface area contributed by atoms with Crippen molar-refractivity contribution in [3.63, 3.8) is 0 Å². The molecule has 0 saturated heterocycles. The number of aryl methyl sites for hydroxylation is 2. The number of carboxylic acid groups (broad SMARTS) is 1. The van der Waals surface area contributed by atoms with Crippen LogP contribution in [0.2, 0.25) is 0 Å². The van der Waals surface area contributed by atoms with E-state index < -0.39 is 17.8 Å². The van der Waals surface area contributed by atoms with Crippen molar-refractivity contribution in [1.29, 1.82) is 0 Å². The second-order valence-electron chi connectivity index (χ2n) is 5.53. The maximum absolute atomic E-state index is 13.6. The van der Waals surface area contributed by atoms with E-state index in [4.69, 9.17) is 9.84 Å². The number of nitrogens with zero attached hydrogens (tertiary/aromatic N) is 1. The first kappa shape index (κ1) is 18.9. The monoisotopic (exact) mass is 366 g/mol. The summed E-state index contributed by atoms with van der Waals surface area (Å²) in [6.07, 6.45) is 0.572. The predicted octanol–water partition coefficient (Wildman–Crippen LogP) is 3.11. The number of ether oxygens (including phenoxy) is 1. The molecule has 0 fully saturated rings. The number of rotatable bonds is 7. The maximum Gasteiger partial charge on any atom is 0.347 e. The van der Waals surface area contributed by atoms with Gasteiger partial charge in [-0.3, -0.25) is 4.79 Å². The maximum atomic E-state index is 13.6. The highest BCUT2D eigenvalue weighted by Crippen LogP contribution is 2.24. The van der Waals surface area contributed by atoms with E-state index in [2.05, 4.69) is 10.3 Å². The normalized spacial score (nSPS) is 11.8. The van der Waals surface area contributed by atoms with E-state index in [-0.39, 0.29) is 23.0 Å². The number of hydrogen-bond donors (Lipinski definition) is 2. The van der Waals surface area contributed by atoms with Crippen molar-refractivity contribution in [1.82, 2.24) is 10.3 Å². The Balaban J connectivity index is 1.92. The molecular weight excluding hydrogens is 347 g/mol. The van der Waals surface area contributed by atoms with Crippen LogP contribution in [0, 0.1) is 12.7 Å². The fourth-order valence-corrected chi connectivity index (χ4v) is 3.21. The van der Waals surface area contributed by atoms with Crippen molar-refractivity contribution in [2.45, 2.75) is 32.7 Å². The molecule has 0 aliphatic rings. The highest BCUT2D eigenvalue weighted by molar-refractivity contribution is 7.13. The van der Waals surface area contributed by atoms with Crippen molar-refractivity contribution in [2.24, 2.45) is 0 Å². The van der Waals surface area contributed by atoms with Gasteiger partial charge in [-0.1, -0.05) is 6.07 Å². The van der Waals surface area contributed by atoms with Gasteiger partial charge in [0.2, 0.25) is 5.91 Å². The summed E-state index contributed by atoms with van der Waals surface area (Å²) in [5, 5.41) is 12.4. The first-order chi connectivity index (χ1) is 11.8. The van der Waals surface area contributed by atoms with Gasteiger partial charge in [0.05, 0.1) is 18.8 Å². The zero-order valence-corrected chi connectivity index (χ0v) is 14.9. The molecule has 1 unspecified atom stereocenters. The fourth-order valence-electron chi connectivity index (χ4n) is 2.30. The van der Waals surface area contributed by atoms with Crippen molar-refractivity contribution < 1.29 is 23.8 Å². The van der Waals surface area contributed by atoms with Gasteiger partial charge in [-0.25, -0.2) is 14.2 Å². The second-order valence-corrected chi connectivity index (χ2v) is 6.56. The number of carbonyl (C=O) groups is 2. The molecule has 0 aliphatic carbocycles. The molecular formula is C17H19FN2O4S. The number of hydrogen-bond acceptors (Lipinski definition) is 5. The third-order valence-electron chi connectivity index (χ3n) is 3.61. The van der Waals surface area contributed by atoms with Crippen LogP contribution in [-0.2, 0) is 11.2 Å². The number of nitrogens with one attached hydrogen (secondary N) is 1. The average Bonchev–Trinajstić information content (AvgIpc) is 2.95. The molecule has 1 aromatic carbocycles. The van der Waals surface area contributed by atoms with Crippen LogP contribution in [0.25, 0.3) is 0 Å². The zero-order chi connectivity index (χ0) is 18.6. The van der Waals surface area contributed by atoms with Gasteiger partial charge >= 0.3 is 5.97 Å². The van der Waals surface area contributed by atoms with Crippen LogP contribution in [0.1, 0.15) is 45.3 Å². The molecule has 2 N–H and O–H groups in total. The lowest BCUT2D eigenvalue weighted by molar-refractivity contribution is -0.121. The van der Waals surface area contributed by atoms with E-state index in [0.717, 1.165) is 11.3 Å². The summed E-state index contributed by atoms with van der Waals surface area (Å²) in [6, 6.07) is 4.19. The Labute approximate surface area is 148 Å². The van der Waals surface area contributed by atoms with Crippen LogP contribution in [0.3, 0.4) is 0 Å². The van der Waals surface area contributed by atoms with Crippen molar-refractivity contribution in [3.05, 3.63) is 45.2 Å². The number of aromatic carboxylic acids is 1. The van der Waals surface area contributed by atoms with Crippen LogP contribution in [-0.4, -0.2) is 29.1 Å². The fraction of sp³-hybridized carbons (Fsp3) is 0.353. The highest BCUT2D eigenvalue weighted by Gasteiger charge is 2.19. The Hall–Kier alpha value is -2.48. The largest absolute Gasteiger partial charge is 0.494 e. The minimum atomic E-state index is -1.03. The zero-order valence-electron chi connectivity index (χ0n) is 14.1. The minimum Gasteiger partial charge on any atom is -0.494 e. The van der Waals surface area contributed by atoms with Crippen molar-refractivity contribution >= 4 is 23.2 Å². The van der Waals surface area contributed by atoms with Gasteiger partial charge in [0.15, 0.2) is 11.6 Å². The first-order valence-electron chi connectivity index (χ1n) is 7.64. The number of methoxy groups -OCH3 is 1. The molecule has 0 bridgehead atoms. The molecule has 1 atom stereocenters. The molecule has 134 valence electrons. The van der Waals surface area contributed by atoms with Crippen molar-refractivity contribution in [3.8, 4) is 5.75 Å². The Morgan fingerprint density at radius 2 is 2.16 bits per heavy atom. The molecule has 1 amide bonds. The second kappa shape index (κ2) is 8.06.